The van der Waals surface area contributed by atoms with E-state index in [4.69, 9.17) is 10.2 Å². The van der Waals surface area contributed by atoms with Crippen LogP contribution in [0.4, 0.5) is 0 Å². The molecule has 1 aliphatic carbocycles. The lowest BCUT2D eigenvalue weighted by Gasteiger charge is -2.20. The lowest BCUT2D eigenvalue weighted by Crippen LogP contribution is -2.04. The minimum Gasteiger partial charge on any atom is -0.515 e. The van der Waals surface area contributed by atoms with Gasteiger partial charge < -0.3 is 10.2 Å². The lowest BCUT2D eigenvalue weighted by molar-refractivity contribution is 0.284. The predicted molar refractivity (Wildman–Crippen MR) is 127 cm³/mol. The van der Waals surface area contributed by atoms with Gasteiger partial charge in [-0.15, -0.1) is 0 Å². The summed E-state index contributed by atoms with van der Waals surface area (Å²) >= 11 is 0. The average molecular weight is 418 g/mol. The van der Waals surface area contributed by atoms with Gasteiger partial charge in [-0.05, 0) is 44.7 Å². The molecule has 0 atom stereocenters. The number of nitrogens with zero attached hydrogens (tertiary/aromatic N) is 3. The smallest absolute Gasteiger partial charge is 0.163 e. The number of aliphatic hydroxyl groups is 2. The van der Waals surface area contributed by atoms with Gasteiger partial charge in [0.05, 0.1) is 12.5 Å². The highest BCUT2D eigenvalue weighted by Gasteiger charge is 2.11. The zero-order valence-electron chi connectivity index (χ0n) is 19.8. The van der Waals surface area contributed by atoms with E-state index in [1.54, 1.807) is 10.7 Å². The second-order valence-corrected chi connectivity index (χ2v) is 8.37. The number of hydrogen-bond donors (Lipinski definition) is 2. The Kier molecular flexibility index (Phi) is 13.1. The maximum atomic E-state index is 8.98. The van der Waals surface area contributed by atoms with Crippen LogP contribution >= 0.6 is 0 Å². The summed E-state index contributed by atoms with van der Waals surface area (Å²) in [6, 6.07) is 1.97. The van der Waals surface area contributed by atoms with Gasteiger partial charge in [0.15, 0.2) is 5.65 Å². The van der Waals surface area contributed by atoms with Crippen LogP contribution in [0.3, 0.4) is 0 Å². The number of allylic oxidation sites excluding steroid dienone is 1. The van der Waals surface area contributed by atoms with Crippen LogP contribution in [0.1, 0.15) is 102 Å². The normalized spacial score (nSPS) is 14.7. The van der Waals surface area contributed by atoms with Crippen molar-refractivity contribution in [2.75, 3.05) is 6.61 Å². The van der Waals surface area contributed by atoms with Gasteiger partial charge in [0.2, 0.25) is 0 Å². The fraction of sp³-hybridized carbons (Fsp3) is 0.680. The third-order valence-corrected chi connectivity index (χ3v) is 5.58. The molecule has 0 aliphatic heterocycles. The van der Waals surface area contributed by atoms with Gasteiger partial charge in [-0.2, -0.15) is 5.10 Å². The third-order valence-electron chi connectivity index (χ3n) is 5.58. The fourth-order valence-electron chi connectivity index (χ4n) is 3.86. The first kappa shape index (κ1) is 26.2. The van der Waals surface area contributed by atoms with E-state index in [0.29, 0.717) is 6.61 Å². The Morgan fingerprint density at radius 3 is 2.37 bits per heavy atom. The Morgan fingerprint density at radius 1 is 1.13 bits per heavy atom. The van der Waals surface area contributed by atoms with Gasteiger partial charge in [0, 0.05) is 23.6 Å². The standard InChI is InChI=1S/C11H13N3O.C9H18.C5H12O/c1-7(6-15)10-5-12-14-9(3)4-8(2)13-11(10)14;1-2-6-9-7-4-3-5-8-9;1-2-3-4-5-6/h4-6,15H,1-3H3;9H,2-8H2,1H3;6H,2-5H2,1H3. The van der Waals surface area contributed by atoms with E-state index in [2.05, 4.69) is 23.9 Å². The highest BCUT2D eigenvalue weighted by molar-refractivity contribution is 5.73. The van der Waals surface area contributed by atoms with E-state index >= 15 is 0 Å². The molecule has 5 nitrogen and oxygen atoms in total. The number of aliphatic hydroxyl groups excluding tert-OH is 2. The predicted octanol–water partition coefficient (Wildman–Crippen LogP) is 6.80. The summed E-state index contributed by atoms with van der Waals surface area (Å²) in [6.07, 6.45) is 16.6. The molecular weight excluding hydrogens is 374 g/mol. The topological polar surface area (TPSA) is 70.7 Å². The maximum Gasteiger partial charge on any atom is 0.163 e. The molecule has 0 saturated heterocycles. The van der Waals surface area contributed by atoms with Crippen LogP contribution in [0.5, 0.6) is 0 Å². The SMILES string of the molecule is CC(=CO)c1cnn2c(C)cc(C)nc12.CCCC1CCCCC1.CCCCCO. The van der Waals surface area contributed by atoms with E-state index in [1.807, 2.05) is 26.8 Å². The van der Waals surface area contributed by atoms with Crippen LogP contribution in [0, 0.1) is 19.8 Å². The van der Waals surface area contributed by atoms with Crippen LogP contribution in [0.2, 0.25) is 0 Å². The highest BCUT2D eigenvalue weighted by Crippen LogP contribution is 2.26. The number of fused-ring (bicyclic) bond motifs is 1. The van der Waals surface area contributed by atoms with Crippen LogP contribution in [0.15, 0.2) is 18.5 Å². The zero-order chi connectivity index (χ0) is 22.4. The zero-order valence-corrected chi connectivity index (χ0v) is 19.8. The van der Waals surface area contributed by atoms with Gasteiger partial charge in [0.1, 0.15) is 0 Å². The van der Waals surface area contributed by atoms with Gasteiger partial charge in [-0.25, -0.2) is 9.50 Å². The molecule has 0 aromatic carbocycles. The second kappa shape index (κ2) is 15.0. The third kappa shape index (κ3) is 8.86. The number of unbranched alkanes of at least 4 members (excludes halogenated alkanes) is 2. The van der Waals surface area contributed by atoms with Gasteiger partial charge in [-0.1, -0.05) is 71.6 Å². The number of hydrogen-bond acceptors (Lipinski definition) is 4. The molecule has 1 aliphatic rings. The molecule has 2 aromatic heterocycles. The fourth-order valence-corrected chi connectivity index (χ4v) is 3.86. The van der Waals surface area contributed by atoms with E-state index in [1.165, 1.54) is 51.4 Å². The summed E-state index contributed by atoms with van der Waals surface area (Å²) in [5.74, 6) is 1.10. The van der Waals surface area contributed by atoms with Crippen molar-refractivity contribution in [3.05, 3.63) is 35.5 Å². The molecule has 2 heterocycles. The first-order valence-corrected chi connectivity index (χ1v) is 11.7. The van der Waals surface area contributed by atoms with Gasteiger partial charge in [0.25, 0.3) is 0 Å². The first-order valence-electron chi connectivity index (χ1n) is 11.7. The Hall–Kier alpha value is -1.88. The van der Waals surface area contributed by atoms with Gasteiger partial charge in [-0.3, -0.25) is 0 Å². The minimum absolute atomic E-state index is 0.355. The van der Waals surface area contributed by atoms with E-state index in [9.17, 15) is 0 Å². The Morgan fingerprint density at radius 2 is 1.83 bits per heavy atom. The molecule has 3 rings (SSSR count). The number of rotatable bonds is 6. The Labute approximate surface area is 183 Å². The average Bonchev–Trinajstić information content (AvgIpc) is 3.18. The molecule has 30 heavy (non-hydrogen) atoms. The van der Waals surface area contributed by atoms with Crippen molar-refractivity contribution < 1.29 is 10.2 Å². The molecule has 1 fully saturated rings. The summed E-state index contributed by atoms with van der Waals surface area (Å²) in [5.41, 5.74) is 4.41. The van der Waals surface area contributed by atoms with E-state index in [0.717, 1.165) is 53.2 Å². The minimum atomic E-state index is 0.355. The Balaban J connectivity index is 0.000000256. The van der Waals surface area contributed by atoms with E-state index < -0.39 is 0 Å². The Bertz CT molecular complexity index is 739. The lowest BCUT2D eigenvalue weighted by atomic mass is 9.86. The van der Waals surface area contributed by atoms with E-state index in [-0.39, 0.29) is 0 Å². The molecule has 1 saturated carbocycles. The maximum absolute atomic E-state index is 8.98. The number of aryl methyl sites for hydroxylation is 2. The van der Waals surface area contributed by atoms with Crippen molar-refractivity contribution in [2.24, 2.45) is 5.92 Å². The quantitative estimate of drug-likeness (QED) is 0.400. The second-order valence-electron chi connectivity index (χ2n) is 8.37. The molecule has 170 valence electrons. The van der Waals surface area contributed by atoms with Crippen LogP contribution in [0.25, 0.3) is 11.2 Å². The molecule has 2 N–H and O–H groups in total. The molecule has 0 bridgehead atoms. The van der Waals surface area contributed by atoms with Crippen molar-refractivity contribution in [1.29, 1.82) is 0 Å². The molecule has 0 radical (unpaired) electrons. The molecule has 0 spiro atoms. The summed E-state index contributed by atoms with van der Waals surface area (Å²) in [5, 5.41) is 21.4. The largest absolute Gasteiger partial charge is 0.515 e. The monoisotopic (exact) mass is 417 g/mol. The summed E-state index contributed by atoms with van der Waals surface area (Å²) < 4.78 is 1.77. The van der Waals surface area contributed by atoms with Gasteiger partial charge >= 0.3 is 0 Å². The van der Waals surface area contributed by atoms with Crippen molar-refractivity contribution in [3.63, 3.8) is 0 Å². The van der Waals surface area contributed by atoms with Crippen LogP contribution in [-0.2, 0) is 0 Å². The molecular formula is C25H43N3O2. The van der Waals surface area contributed by atoms with Crippen molar-refractivity contribution in [3.8, 4) is 0 Å². The summed E-state index contributed by atoms with van der Waals surface area (Å²) in [6.45, 7) is 10.5. The van der Waals surface area contributed by atoms with Crippen molar-refractivity contribution in [2.45, 2.75) is 98.8 Å². The molecule has 0 amide bonds. The summed E-state index contributed by atoms with van der Waals surface area (Å²) in [4.78, 5) is 4.41. The highest BCUT2D eigenvalue weighted by atomic mass is 16.3. The molecule has 2 aromatic rings. The first-order chi connectivity index (χ1) is 14.5. The van der Waals surface area contributed by atoms with Crippen LogP contribution in [-0.4, -0.2) is 31.4 Å². The molecule has 0 unspecified atom stereocenters. The number of aromatic nitrogens is 3. The van der Waals surface area contributed by atoms with Crippen LogP contribution < -0.4 is 0 Å². The molecule has 5 heteroatoms. The van der Waals surface area contributed by atoms with Crippen molar-refractivity contribution >= 4 is 11.2 Å². The summed E-state index contributed by atoms with van der Waals surface area (Å²) in [7, 11) is 0. The van der Waals surface area contributed by atoms with Crippen molar-refractivity contribution in [1.82, 2.24) is 14.6 Å².